The summed E-state index contributed by atoms with van der Waals surface area (Å²) in [4.78, 5) is 43.5. The number of aromatic amines is 2. The molecule has 0 amide bonds. The SMILES string of the molecule is C=C1c2cc3[nH]c(cc4[nH]c(cc5nc(c(C(=O)OCC)c(n2)C1(C)CCC(=O)OC)C(C)=C5C)c(C)c4C)c(C)c3C. The van der Waals surface area contributed by atoms with Gasteiger partial charge in [0.05, 0.1) is 36.5 Å². The van der Waals surface area contributed by atoms with Gasteiger partial charge in [-0.15, -0.1) is 0 Å². The average molecular weight is 581 g/mol. The average Bonchev–Trinajstić information content (AvgIpc) is 3.59. The number of nitrogens with one attached hydrogen (secondary N) is 2. The van der Waals surface area contributed by atoms with Gasteiger partial charge in [0, 0.05) is 33.9 Å². The molecule has 0 fully saturated rings. The van der Waals surface area contributed by atoms with E-state index in [9.17, 15) is 9.59 Å². The third-order valence-electron chi connectivity index (χ3n) is 9.40. The summed E-state index contributed by atoms with van der Waals surface area (Å²) >= 11 is 0. The summed E-state index contributed by atoms with van der Waals surface area (Å²) in [7, 11) is 1.37. The number of fused-ring (bicyclic) bond motifs is 8. The van der Waals surface area contributed by atoms with Gasteiger partial charge in [0.1, 0.15) is 5.56 Å². The van der Waals surface area contributed by atoms with Gasteiger partial charge in [-0.1, -0.05) is 6.58 Å². The monoisotopic (exact) mass is 580 g/mol. The number of nitrogens with zero attached hydrogens (tertiary/aromatic N) is 2. The molecule has 43 heavy (non-hydrogen) atoms. The highest BCUT2D eigenvalue weighted by molar-refractivity contribution is 6.02. The van der Waals surface area contributed by atoms with E-state index in [0.29, 0.717) is 34.6 Å². The normalized spacial score (nSPS) is 16.5. The number of H-pyrrole nitrogens is 2. The minimum Gasteiger partial charge on any atom is -0.469 e. The maximum Gasteiger partial charge on any atom is 0.342 e. The molecule has 1 atom stereocenters. The standard InChI is InChI=1S/C35H40N4O4/c1-11-43-34(41)31-32-22(7)21(6)28(38-32)15-26-18(3)17(2)24(36-26)14-25-19(4)20(5)27(37-25)16-29-23(8)35(9,33(31)39-29)13-12-30(40)42-10/h14-16,36-37H,8,11-13H2,1-7,9-10H3. The van der Waals surface area contributed by atoms with Crippen molar-refractivity contribution in [3.63, 3.8) is 0 Å². The van der Waals surface area contributed by atoms with Crippen molar-refractivity contribution in [1.82, 2.24) is 19.9 Å². The summed E-state index contributed by atoms with van der Waals surface area (Å²) in [5, 5.41) is 0. The van der Waals surface area contributed by atoms with Gasteiger partial charge in [0.25, 0.3) is 0 Å². The number of ether oxygens (including phenoxy) is 2. The number of rotatable bonds is 5. The van der Waals surface area contributed by atoms with E-state index < -0.39 is 11.4 Å². The number of carbonyl (C=O) groups excluding carboxylic acids is 2. The molecule has 1 unspecified atom stereocenters. The lowest BCUT2D eigenvalue weighted by atomic mass is 9.75. The van der Waals surface area contributed by atoms with E-state index in [0.717, 1.165) is 61.2 Å². The van der Waals surface area contributed by atoms with Crippen LogP contribution in [0.1, 0.15) is 95.9 Å². The van der Waals surface area contributed by atoms with Crippen molar-refractivity contribution < 1.29 is 19.1 Å². The number of allylic oxidation sites excluding steroid dienone is 3. The van der Waals surface area contributed by atoms with Crippen LogP contribution in [-0.4, -0.2) is 45.6 Å². The maximum absolute atomic E-state index is 13.8. The van der Waals surface area contributed by atoms with Gasteiger partial charge >= 0.3 is 11.9 Å². The van der Waals surface area contributed by atoms with Crippen LogP contribution >= 0.6 is 0 Å². The van der Waals surface area contributed by atoms with Crippen LogP contribution in [-0.2, 0) is 19.7 Å². The number of esters is 2. The summed E-state index contributed by atoms with van der Waals surface area (Å²) in [5.41, 5.74) is 12.7. The topological polar surface area (TPSA) is 110 Å². The largest absolute Gasteiger partial charge is 0.469 e. The maximum atomic E-state index is 13.8. The highest BCUT2D eigenvalue weighted by atomic mass is 16.5. The molecule has 0 aromatic carbocycles. The molecule has 5 rings (SSSR count). The van der Waals surface area contributed by atoms with Crippen molar-refractivity contribution >= 4 is 50.7 Å². The van der Waals surface area contributed by atoms with E-state index in [2.05, 4.69) is 50.3 Å². The van der Waals surface area contributed by atoms with Crippen molar-refractivity contribution in [1.29, 1.82) is 0 Å². The zero-order valence-electron chi connectivity index (χ0n) is 26.6. The molecule has 0 saturated carbocycles. The van der Waals surface area contributed by atoms with E-state index in [4.69, 9.17) is 19.4 Å². The zero-order valence-corrected chi connectivity index (χ0v) is 26.6. The highest BCUT2D eigenvalue weighted by Crippen LogP contribution is 2.47. The molecule has 0 spiro atoms. The molecule has 0 saturated heterocycles. The highest BCUT2D eigenvalue weighted by Gasteiger charge is 2.42. The molecule has 2 aliphatic rings. The molecule has 8 heteroatoms. The van der Waals surface area contributed by atoms with Crippen LogP contribution < -0.4 is 0 Å². The van der Waals surface area contributed by atoms with Crippen molar-refractivity contribution in [2.45, 2.75) is 73.6 Å². The second-order valence-corrected chi connectivity index (χ2v) is 11.8. The number of aromatic nitrogens is 4. The minimum absolute atomic E-state index is 0.132. The third-order valence-corrected chi connectivity index (χ3v) is 9.40. The van der Waals surface area contributed by atoms with Gasteiger partial charge in [0.15, 0.2) is 0 Å². The summed E-state index contributed by atoms with van der Waals surface area (Å²) in [6.07, 6.45) is 0.480. The fourth-order valence-corrected chi connectivity index (χ4v) is 5.93. The second-order valence-electron chi connectivity index (χ2n) is 11.8. The van der Waals surface area contributed by atoms with Crippen LogP contribution in [0.3, 0.4) is 0 Å². The Labute approximate surface area is 252 Å². The van der Waals surface area contributed by atoms with Crippen molar-refractivity contribution in [3.8, 4) is 0 Å². The van der Waals surface area contributed by atoms with Gasteiger partial charge in [0.2, 0.25) is 0 Å². The summed E-state index contributed by atoms with van der Waals surface area (Å²) < 4.78 is 10.6. The molecule has 2 aliphatic heterocycles. The van der Waals surface area contributed by atoms with E-state index in [1.165, 1.54) is 7.11 Å². The summed E-state index contributed by atoms with van der Waals surface area (Å²) in [5.74, 6) is -0.852. The van der Waals surface area contributed by atoms with E-state index in [1.54, 1.807) is 6.92 Å². The van der Waals surface area contributed by atoms with Crippen LogP contribution in [0.4, 0.5) is 0 Å². The van der Waals surface area contributed by atoms with Gasteiger partial charge in [-0.2, -0.15) is 0 Å². The van der Waals surface area contributed by atoms with E-state index in [-0.39, 0.29) is 19.0 Å². The Bertz CT molecular complexity index is 1910. The molecule has 2 N–H and O–H groups in total. The zero-order chi connectivity index (χ0) is 31.4. The number of methoxy groups -OCH3 is 1. The number of aryl methyl sites for hydroxylation is 4. The van der Waals surface area contributed by atoms with Gasteiger partial charge in [-0.3, -0.25) is 9.78 Å². The fraction of sp³-hybridized carbons (Fsp3) is 0.371. The van der Waals surface area contributed by atoms with Gasteiger partial charge < -0.3 is 19.4 Å². The van der Waals surface area contributed by atoms with Crippen LogP contribution in [0.25, 0.3) is 38.8 Å². The first kappa shape index (κ1) is 30.0. The molecular weight excluding hydrogens is 540 g/mol. The third kappa shape index (κ3) is 4.88. The number of hydrogen-bond acceptors (Lipinski definition) is 6. The number of hydrogen-bond donors (Lipinski definition) is 2. The fourth-order valence-electron chi connectivity index (χ4n) is 5.93. The van der Waals surface area contributed by atoms with Crippen LogP contribution in [0.2, 0.25) is 0 Å². The molecule has 8 nitrogen and oxygen atoms in total. The predicted molar refractivity (Wildman–Crippen MR) is 172 cm³/mol. The quantitative estimate of drug-likeness (QED) is 0.301. The molecule has 3 aromatic heterocycles. The van der Waals surface area contributed by atoms with Crippen LogP contribution in [0.15, 0.2) is 24.8 Å². The lowest BCUT2D eigenvalue weighted by Gasteiger charge is -2.26. The van der Waals surface area contributed by atoms with Crippen LogP contribution in [0.5, 0.6) is 0 Å². The minimum atomic E-state index is -0.856. The lowest BCUT2D eigenvalue weighted by molar-refractivity contribution is -0.140. The smallest absolute Gasteiger partial charge is 0.342 e. The molecule has 8 bridgehead atoms. The molecule has 224 valence electrons. The van der Waals surface area contributed by atoms with Crippen molar-refractivity contribution in [2.75, 3.05) is 13.7 Å². The first-order chi connectivity index (χ1) is 20.3. The summed E-state index contributed by atoms with van der Waals surface area (Å²) in [6, 6.07) is 6.16. The molecule has 0 aliphatic carbocycles. The predicted octanol–water partition coefficient (Wildman–Crippen LogP) is 7.60. The Kier molecular flexibility index (Phi) is 7.67. The second kappa shape index (κ2) is 11.0. The molecule has 0 radical (unpaired) electrons. The van der Waals surface area contributed by atoms with Crippen molar-refractivity contribution in [3.05, 3.63) is 75.4 Å². The van der Waals surface area contributed by atoms with E-state index in [1.807, 2.05) is 32.9 Å². The number of carbonyl (C=O) groups is 2. The Morgan fingerprint density at radius 3 is 1.91 bits per heavy atom. The first-order valence-electron chi connectivity index (χ1n) is 14.7. The summed E-state index contributed by atoms with van der Waals surface area (Å²) in [6.45, 7) is 20.8. The van der Waals surface area contributed by atoms with Gasteiger partial charge in [-0.05, 0) is 119 Å². The Morgan fingerprint density at radius 1 is 0.837 bits per heavy atom. The van der Waals surface area contributed by atoms with E-state index >= 15 is 0 Å². The lowest BCUT2D eigenvalue weighted by Crippen LogP contribution is -2.25. The van der Waals surface area contributed by atoms with Crippen molar-refractivity contribution in [2.24, 2.45) is 0 Å². The Balaban J connectivity index is 2.01. The Hall–Kier alpha value is -4.46. The van der Waals surface area contributed by atoms with Gasteiger partial charge in [-0.25, -0.2) is 9.78 Å². The Morgan fingerprint density at radius 2 is 1.37 bits per heavy atom. The van der Waals surface area contributed by atoms with Crippen LogP contribution in [0, 0.1) is 27.7 Å². The first-order valence-corrected chi connectivity index (χ1v) is 14.7. The molecule has 5 heterocycles. The molecular formula is C35H40N4O4. The molecule has 3 aromatic rings.